The van der Waals surface area contributed by atoms with Crippen LogP contribution in [0.25, 0.3) is 0 Å². The Kier molecular flexibility index (Phi) is 7.22. The summed E-state index contributed by atoms with van der Waals surface area (Å²) in [6.07, 6.45) is -0.882. The summed E-state index contributed by atoms with van der Waals surface area (Å²) in [7, 11) is 0. The number of benzene rings is 1. The number of hydrogen-bond acceptors (Lipinski definition) is 8. The van der Waals surface area contributed by atoms with Crippen LogP contribution in [0.4, 0.5) is 4.79 Å². The molecule has 0 saturated heterocycles. The lowest BCUT2D eigenvalue weighted by Gasteiger charge is -2.09. The lowest BCUT2D eigenvalue weighted by molar-refractivity contribution is -0.123. The van der Waals surface area contributed by atoms with Crippen LogP contribution in [-0.2, 0) is 20.0 Å². The van der Waals surface area contributed by atoms with E-state index in [1.807, 2.05) is 11.4 Å². The minimum atomic E-state index is -0.882. The molecule has 1 N–H and O–H groups in total. The molecule has 0 saturated carbocycles. The van der Waals surface area contributed by atoms with Crippen molar-refractivity contribution in [3.05, 3.63) is 47.3 Å². The van der Waals surface area contributed by atoms with Crippen LogP contribution in [-0.4, -0.2) is 36.3 Å². The Morgan fingerprint density at radius 1 is 1.23 bits per heavy atom. The van der Waals surface area contributed by atoms with E-state index in [-0.39, 0.29) is 6.61 Å². The van der Waals surface area contributed by atoms with Crippen molar-refractivity contribution in [3.63, 3.8) is 0 Å². The van der Waals surface area contributed by atoms with Gasteiger partial charge in [-0.15, -0.1) is 11.8 Å². The number of aryl methyl sites for hydroxylation is 1. The second-order valence-electron chi connectivity index (χ2n) is 5.06. The number of amides is 2. The van der Waals surface area contributed by atoms with Gasteiger partial charge < -0.3 is 14.0 Å². The summed E-state index contributed by atoms with van der Waals surface area (Å²) < 4.78 is 14.5. The van der Waals surface area contributed by atoms with E-state index in [1.54, 1.807) is 38.1 Å². The molecule has 1 aromatic carbocycles. The van der Waals surface area contributed by atoms with Crippen LogP contribution in [0.5, 0.6) is 0 Å². The largest absolute Gasteiger partial charge is 0.452 e. The van der Waals surface area contributed by atoms with E-state index in [0.717, 1.165) is 5.69 Å². The van der Waals surface area contributed by atoms with Gasteiger partial charge in [-0.1, -0.05) is 17.3 Å². The maximum absolute atomic E-state index is 12.2. The quantitative estimate of drug-likeness (QED) is 0.579. The molecule has 0 aliphatic rings. The maximum atomic E-state index is 12.2. The fourth-order valence-corrected chi connectivity index (χ4v) is 2.85. The molecule has 0 atom stereocenters. The van der Waals surface area contributed by atoms with Crippen molar-refractivity contribution in [2.75, 3.05) is 13.2 Å². The van der Waals surface area contributed by atoms with Crippen LogP contribution < -0.4 is 5.32 Å². The molecule has 2 aromatic rings. The summed E-state index contributed by atoms with van der Waals surface area (Å²) in [6, 6.07) is 8.67. The maximum Gasteiger partial charge on any atom is 0.413 e. The molecule has 1 heterocycles. The fraction of sp³-hybridized carbons (Fsp3) is 0.294. The zero-order valence-electron chi connectivity index (χ0n) is 14.3. The highest BCUT2D eigenvalue weighted by Gasteiger charge is 2.16. The number of hydrogen-bond donors (Lipinski definition) is 1. The van der Waals surface area contributed by atoms with Gasteiger partial charge in [0.25, 0.3) is 5.91 Å². The first kappa shape index (κ1) is 19.5. The predicted molar refractivity (Wildman–Crippen MR) is 92.7 cm³/mol. The minimum Gasteiger partial charge on any atom is -0.452 e. The van der Waals surface area contributed by atoms with Crippen molar-refractivity contribution in [2.45, 2.75) is 24.5 Å². The molecular weight excluding hydrogens is 360 g/mol. The second kappa shape index (κ2) is 9.62. The first-order valence-corrected chi connectivity index (χ1v) is 8.76. The average molecular weight is 378 g/mol. The Balaban J connectivity index is 1.92. The van der Waals surface area contributed by atoms with E-state index >= 15 is 0 Å². The Morgan fingerprint density at radius 3 is 2.69 bits per heavy atom. The van der Waals surface area contributed by atoms with Gasteiger partial charge in [0.05, 0.1) is 17.9 Å². The standard InChI is InChI=1S/C17H18N2O6S/c1-3-23-17(22)18-15(20)9-24-16(21)13-6-4-5-7-14(13)26-10-12-8-11(2)25-19-12/h4-8H,3,9-10H2,1-2H3,(H,18,20,22). The molecule has 0 fully saturated rings. The molecule has 0 aliphatic heterocycles. The van der Waals surface area contributed by atoms with E-state index in [4.69, 9.17) is 9.26 Å². The van der Waals surface area contributed by atoms with Gasteiger partial charge in [-0.3, -0.25) is 10.1 Å². The van der Waals surface area contributed by atoms with Gasteiger partial charge in [-0.2, -0.15) is 0 Å². The van der Waals surface area contributed by atoms with Crippen LogP contribution in [0.3, 0.4) is 0 Å². The van der Waals surface area contributed by atoms with E-state index in [2.05, 4.69) is 9.89 Å². The van der Waals surface area contributed by atoms with Crippen molar-refractivity contribution in [3.8, 4) is 0 Å². The number of aromatic nitrogens is 1. The van der Waals surface area contributed by atoms with Gasteiger partial charge in [0.2, 0.25) is 0 Å². The first-order chi connectivity index (χ1) is 12.5. The molecule has 1 aromatic heterocycles. The molecule has 0 aliphatic carbocycles. The molecule has 2 rings (SSSR count). The highest BCUT2D eigenvalue weighted by Crippen LogP contribution is 2.26. The average Bonchev–Trinajstić information content (AvgIpc) is 3.03. The van der Waals surface area contributed by atoms with Gasteiger partial charge in [0.15, 0.2) is 6.61 Å². The second-order valence-corrected chi connectivity index (χ2v) is 6.08. The fourth-order valence-electron chi connectivity index (χ4n) is 1.92. The van der Waals surface area contributed by atoms with Crippen LogP contribution in [0.1, 0.15) is 28.7 Å². The number of alkyl carbamates (subject to hydrolysis) is 1. The van der Waals surface area contributed by atoms with Crippen LogP contribution in [0, 0.1) is 6.92 Å². The topological polar surface area (TPSA) is 108 Å². The van der Waals surface area contributed by atoms with Gasteiger partial charge in [-0.05, 0) is 26.0 Å². The minimum absolute atomic E-state index is 0.133. The first-order valence-electron chi connectivity index (χ1n) is 7.77. The summed E-state index contributed by atoms with van der Waals surface area (Å²) in [4.78, 5) is 35.6. The molecule has 0 unspecified atom stereocenters. The van der Waals surface area contributed by atoms with Gasteiger partial charge in [0.1, 0.15) is 5.76 Å². The molecule has 8 nitrogen and oxygen atoms in total. The third-order valence-corrected chi connectivity index (χ3v) is 4.12. The smallest absolute Gasteiger partial charge is 0.413 e. The van der Waals surface area contributed by atoms with Gasteiger partial charge in [0, 0.05) is 16.7 Å². The van der Waals surface area contributed by atoms with Crippen molar-refractivity contribution >= 4 is 29.7 Å². The third kappa shape index (κ3) is 5.92. The summed E-state index contributed by atoms with van der Waals surface area (Å²) >= 11 is 1.40. The summed E-state index contributed by atoms with van der Waals surface area (Å²) in [5.74, 6) is -0.199. The molecule has 26 heavy (non-hydrogen) atoms. The summed E-state index contributed by atoms with van der Waals surface area (Å²) in [5, 5.41) is 5.85. The summed E-state index contributed by atoms with van der Waals surface area (Å²) in [5.41, 5.74) is 1.08. The molecule has 9 heteroatoms. The lowest BCUT2D eigenvalue weighted by Crippen LogP contribution is -2.34. The zero-order valence-corrected chi connectivity index (χ0v) is 15.1. The van der Waals surface area contributed by atoms with Crippen molar-refractivity contribution < 1.29 is 28.4 Å². The van der Waals surface area contributed by atoms with Crippen molar-refractivity contribution in [1.29, 1.82) is 0 Å². The van der Waals surface area contributed by atoms with Gasteiger partial charge in [-0.25, -0.2) is 9.59 Å². The number of nitrogens with one attached hydrogen (secondary N) is 1. The molecule has 0 bridgehead atoms. The van der Waals surface area contributed by atoms with E-state index in [9.17, 15) is 14.4 Å². The number of rotatable bonds is 7. The summed E-state index contributed by atoms with van der Waals surface area (Å²) in [6.45, 7) is 2.96. The normalized spacial score (nSPS) is 10.2. The number of esters is 1. The molecule has 0 radical (unpaired) electrons. The zero-order chi connectivity index (χ0) is 18.9. The Labute approximate surface area is 154 Å². The lowest BCUT2D eigenvalue weighted by atomic mass is 10.2. The Morgan fingerprint density at radius 2 is 2.00 bits per heavy atom. The number of carbonyl (C=O) groups is 3. The van der Waals surface area contributed by atoms with Crippen LogP contribution >= 0.6 is 11.8 Å². The van der Waals surface area contributed by atoms with Crippen LogP contribution in [0.2, 0.25) is 0 Å². The molecule has 138 valence electrons. The van der Waals surface area contributed by atoms with Crippen molar-refractivity contribution in [1.82, 2.24) is 10.5 Å². The van der Waals surface area contributed by atoms with E-state index in [1.165, 1.54) is 11.8 Å². The molecular formula is C17H18N2O6S. The molecule has 0 spiro atoms. The Hall–Kier alpha value is -2.81. The molecule has 2 amide bonds. The van der Waals surface area contributed by atoms with Crippen LogP contribution in [0.15, 0.2) is 39.8 Å². The Bertz CT molecular complexity index is 789. The number of ether oxygens (including phenoxy) is 2. The van der Waals surface area contributed by atoms with E-state index < -0.39 is 24.6 Å². The number of thioether (sulfide) groups is 1. The monoisotopic (exact) mass is 378 g/mol. The van der Waals surface area contributed by atoms with E-state index in [0.29, 0.717) is 22.0 Å². The highest BCUT2D eigenvalue weighted by atomic mass is 32.2. The predicted octanol–water partition coefficient (Wildman–Crippen LogP) is 2.70. The number of carbonyl (C=O) groups excluding carboxylic acids is 3. The number of imide groups is 1. The SMILES string of the molecule is CCOC(=O)NC(=O)COC(=O)c1ccccc1SCc1cc(C)on1. The van der Waals surface area contributed by atoms with Crippen molar-refractivity contribution in [2.24, 2.45) is 0 Å². The highest BCUT2D eigenvalue weighted by molar-refractivity contribution is 7.98. The number of nitrogens with zero attached hydrogens (tertiary/aromatic N) is 1. The van der Waals surface area contributed by atoms with Gasteiger partial charge >= 0.3 is 12.1 Å². The third-order valence-electron chi connectivity index (χ3n) is 3.01.